The first kappa shape index (κ1) is 16.8. The monoisotopic (exact) mass is 370 g/mol. The van der Waals surface area contributed by atoms with Crippen molar-refractivity contribution < 1.29 is 13.8 Å². The molecule has 0 fully saturated rings. The lowest BCUT2D eigenvalue weighted by atomic mass is 10.2. The van der Waals surface area contributed by atoms with Crippen molar-refractivity contribution in [3.63, 3.8) is 0 Å². The number of nitrogens with zero attached hydrogens (tertiary/aromatic N) is 2. The first-order valence-corrected chi connectivity index (χ1v) is 8.91. The van der Waals surface area contributed by atoms with E-state index in [1.165, 1.54) is 12.1 Å². The lowest BCUT2D eigenvalue weighted by Gasteiger charge is -2.04. The van der Waals surface area contributed by atoms with Crippen LogP contribution in [0.25, 0.3) is 11.3 Å². The minimum absolute atomic E-state index is 0.135. The van der Waals surface area contributed by atoms with Gasteiger partial charge in [0.1, 0.15) is 12.0 Å². The molecule has 3 aromatic rings. The molecule has 0 bridgehead atoms. The fraction of sp³-hybridized carbons (Fsp3) is 0.200. The van der Waals surface area contributed by atoms with E-state index in [-0.39, 0.29) is 18.3 Å². The van der Waals surface area contributed by atoms with Gasteiger partial charge in [-0.1, -0.05) is 11.6 Å². The van der Waals surface area contributed by atoms with E-state index in [4.69, 9.17) is 11.6 Å². The van der Waals surface area contributed by atoms with Crippen LogP contribution in [0.4, 0.5) is 10.1 Å². The van der Waals surface area contributed by atoms with Crippen LogP contribution < -0.4 is 9.88 Å². The number of nitrogens with one attached hydrogen (secondary N) is 1. The maximum Gasteiger partial charge on any atom is 0.266 e. The average molecular weight is 371 g/mol. The third kappa shape index (κ3) is 3.35. The molecular formula is C20H18ClFN3O+. The molecule has 2 heterocycles. The van der Waals surface area contributed by atoms with Crippen LogP contribution >= 0.6 is 11.6 Å². The zero-order valence-electron chi connectivity index (χ0n) is 14.1. The van der Waals surface area contributed by atoms with Crippen LogP contribution in [-0.4, -0.2) is 10.5 Å². The second-order valence-electron chi connectivity index (χ2n) is 6.38. The summed E-state index contributed by atoms with van der Waals surface area (Å²) in [6.07, 6.45) is 4.02. The van der Waals surface area contributed by atoms with Gasteiger partial charge in [-0.3, -0.25) is 4.79 Å². The maximum absolute atomic E-state index is 13.0. The standard InChI is InChI=1S/C20H17ClFN3O/c21-15-5-3-14(4-6-15)18-12-24(20-2-1-11-25(18)20)13-19(26)23-17-9-7-16(22)8-10-17/h3-10,12H,1-2,11,13H2/p+1. The molecule has 26 heavy (non-hydrogen) atoms. The lowest BCUT2D eigenvalue weighted by molar-refractivity contribution is -0.690. The van der Waals surface area contributed by atoms with E-state index < -0.39 is 0 Å². The van der Waals surface area contributed by atoms with Gasteiger partial charge in [-0.2, -0.15) is 0 Å². The van der Waals surface area contributed by atoms with E-state index >= 15 is 0 Å². The van der Waals surface area contributed by atoms with Gasteiger partial charge in [0, 0.05) is 16.3 Å². The number of anilines is 1. The highest BCUT2D eigenvalue weighted by molar-refractivity contribution is 6.30. The van der Waals surface area contributed by atoms with Crippen molar-refractivity contribution in [3.05, 3.63) is 71.4 Å². The van der Waals surface area contributed by atoms with Crippen molar-refractivity contribution in [2.45, 2.75) is 25.9 Å². The van der Waals surface area contributed by atoms with Crippen LogP contribution in [-0.2, 0) is 24.3 Å². The molecule has 0 saturated heterocycles. The first-order valence-electron chi connectivity index (χ1n) is 8.53. The summed E-state index contributed by atoms with van der Waals surface area (Å²) in [7, 11) is 0. The Morgan fingerprint density at radius 1 is 1.15 bits per heavy atom. The molecule has 1 aliphatic heterocycles. The van der Waals surface area contributed by atoms with Gasteiger partial charge in [-0.15, -0.1) is 0 Å². The zero-order chi connectivity index (χ0) is 18.1. The number of hydrogen-bond acceptors (Lipinski definition) is 1. The summed E-state index contributed by atoms with van der Waals surface area (Å²) in [4.78, 5) is 12.4. The quantitative estimate of drug-likeness (QED) is 0.696. The number of amides is 1. The molecule has 4 rings (SSSR count). The molecule has 6 heteroatoms. The van der Waals surface area contributed by atoms with Gasteiger partial charge in [-0.05, 0) is 55.0 Å². The SMILES string of the molecule is O=C(C[n+]1cc(-c2ccc(Cl)cc2)n2c1CCC2)Nc1ccc(F)cc1. The largest absolute Gasteiger partial charge is 0.323 e. The van der Waals surface area contributed by atoms with Crippen molar-refractivity contribution in [1.82, 2.24) is 4.57 Å². The Labute approximate surface area is 155 Å². The number of fused-ring (bicyclic) bond motifs is 1. The van der Waals surface area contributed by atoms with Crippen molar-refractivity contribution in [3.8, 4) is 11.3 Å². The molecule has 1 amide bonds. The highest BCUT2D eigenvalue weighted by Crippen LogP contribution is 2.25. The van der Waals surface area contributed by atoms with E-state index in [2.05, 4.69) is 9.88 Å². The summed E-state index contributed by atoms with van der Waals surface area (Å²) in [5.74, 6) is 0.684. The fourth-order valence-electron chi connectivity index (χ4n) is 3.39. The lowest BCUT2D eigenvalue weighted by Crippen LogP contribution is -2.42. The van der Waals surface area contributed by atoms with E-state index in [1.54, 1.807) is 12.1 Å². The van der Waals surface area contributed by atoms with Crippen LogP contribution in [0, 0.1) is 5.82 Å². The van der Waals surface area contributed by atoms with Gasteiger partial charge in [0.15, 0.2) is 12.2 Å². The van der Waals surface area contributed by atoms with Gasteiger partial charge in [0.25, 0.3) is 11.7 Å². The van der Waals surface area contributed by atoms with Gasteiger partial charge in [0.05, 0.1) is 13.0 Å². The summed E-state index contributed by atoms with van der Waals surface area (Å²) in [5.41, 5.74) is 2.75. The molecule has 0 aliphatic carbocycles. The molecule has 0 radical (unpaired) electrons. The Hall–Kier alpha value is -2.66. The minimum Gasteiger partial charge on any atom is -0.323 e. The Kier molecular flexibility index (Phi) is 4.47. The summed E-state index contributed by atoms with van der Waals surface area (Å²) in [6, 6.07) is 13.5. The van der Waals surface area contributed by atoms with Crippen molar-refractivity contribution in [1.29, 1.82) is 0 Å². The molecule has 1 aliphatic rings. The Balaban J connectivity index is 1.57. The predicted octanol–water partition coefficient (Wildman–Crippen LogP) is 3.82. The number of carbonyl (C=O) groups is 1. The van der Waals surface area contributed by atoms with Gasteiger partial charge in [0.2, 0.25) is 0 Å². The molecule has 0 atom stereocenters. The number of aromatic nitrogens is 2. The van der Waals surface area contributed by atoms with Gasteiger partial charge in [-0.25, -0.2) is 13.5 Å². The van der Waals surface area contributed by atoms with Crippen LogP contribution in [0.5, 0.6) is 0 Å². The third-order valence-electron chi connectivity index (χ3n) is 4.58. The van der Waals surface area contributed by atoms with E-state index in [0.717, 1.165) is 36.5 Å². The number of imidazole rings is 1. The molecule has 1 aromatic heterocycles. The zero-order valence-corrected chi connectivity index (χ0v) is 14.8. The van der Waals surface area contributed by atoms with E-state index in [1.807, 2.05) is 35.0 Å². The third-order valence-corrected chi connectivity index (χ3v) is 4.83. The number of carbonyl (C=O) groups excluding carboxylic acids is 1. The fourth-order valence-corrected chi connectivity index (χ4v) is 3.51. The average Bonchev–Trinajstić information content (AvgIpc) is 3.22. The number of rotatable bonds is 4. The molecule has 0 spiro atoms. The minimum atomic E-state index is -0.324. The molecule has 1 N–H and O–H groups in total. The van der Waals surface area contributed by atoms with Crippen molar-refractivity contribution in [2.24, 2.45) is 0 Å². The topological polar surface area (TPSA) is 37.9 Å². The molecular weight excluding hydrogens is 353 g/mol. The number of benzene rings is 2. The highest BCUT2D eigenvalue weighted by Gasteiger charge is 2.29. The normalized spacial score (nSPS) is 12.8. The smallest absolute Gasteiger partial charge is 0.266 e. The Bertz CT molecular complexity index is 948. The summed E-state index contributed by atoms with van der Waals surface area (Å²) in [5, 5.41) is 3.51. The first-order chi connectivity index (χ1) is 12.6. The highest BCUT2D eigenvalue weighted by atomic mass is 35.5. The number of halogens is 2. The summed E-state index contributed by atoms with van der Waals surface area (Å²) in [6.45, 7) is 1.17. The molecule has 0 saturated carbocycles. The van der Waals surface area contributed by atoms with Crippen molar-refractivity contribution in [2.75, 3.05) is 5.32 Å². The van der Waals surface area contributed by atoms with Gasteiger partial charge < -0.3 is 5.32 Å². The van der Waals surface area contributed by atoms with Crippen LogP contribution in [0.1, 0.15) is 12.2 Å². The Morgan fingerprint density at radius 2 is 1.88 bits per heavy atom. The second-order valence-corrected chi connectivity index (χ2v) is 6.81. The number of hydrogen-bond donors (Lipinski definition) is 1. The molecule has 132 valence electrons. The van der Waals surface area contributed by atoms with E-state index in [0.29, 0.717) is 10.7 Å². The summed E-state index contributed by atoms with van der Waals surface area (Å²) < 4.78 is 17.2. The van der Waals surface area contributed by atoms with E-state index in [9.17, 15) is 9.18 Å². The van der Waals surface area contributed by atoms with Crippen molar-refractivity contribution >= 4 is 23.2 Å². The molecule has 4 nitrogen and oxygen atoms in total. The van der Waals surface area contributed by atoms with Crippen LogP contribution in [0.2, 0.25) is 5.02 Å². The molecule has 0 unspecified atom stereocenters. The maximum atomic E-state index is 13.0. The predicted molar refractivity (Wildman–Crippen MR) is 98.4 cm³/mol. The van der Waals surface area contributed by atoms with Crippen LogP contribution in [0.3, 0.4) is 0 Å². The van der Waals surface area contributed by atoms with Crippen LogP contribution in [0.15, 0.2) is 54.7 Å². The molecule has 2 aromatic carbocycles. The summed E-state index contributed by atoms with van der Waals surface area (Å²) >= 11 is 5.99. The Morgan fingerprint density at radius 3 is 2.62 bits per heavy atom. The van der Waals surface area contributed by atoms with Gasteiger partial charge >= 0.3 is 0 Å². The second kappa shape index (κ2) is 6.92.